The molecule has 0 amide bonds. The average molecular weight is 298 g/mol. The first-order valence-electron chi connectivity index (χ1n) is 6.88. The average Bonchev–Trinajstić information content (AvgIpc) is 2.72. The number of hydrogen-bond acceptors (Lipinski definition) is 4. The monoisotopic (exact) mass is 298 g/mol. The smallest absolute Gasteiger partial charge is 0.216 e. The van der Waals surface area contributed by atoms with E-state index in [1.807, 2.05) is 25.6 Å². The van der Waals surface area contributed by atoms with Gasteiger partial charge in [-0.15, -0.1) is 0 Å². The number of oxazole rings is 1. The summed E-state index contributed by atoms with van der Waals surface area (Å²) < 4.78 is 5.70. The number of guanidine groups is 1. The Morgan fingerprint density at radius 2 is 2.05 bits per heavy atom. The Labute approximate surface area is 126 Å². The Kier molecular flexibility index (Phi) is 6.39. The van der Waals surface area contributed by atoms with Gasteiger partial charge in [0.05, 0.1) is 5.69 Å². The lowest BCUT2D eigenvalue weighted by Crippen LogP contribution is -2.43. The quantitative estimate of drug-likeness (QED) is 0.624. The highest BCUT2D eigenvalue weighted by Crippen LogP contribution is 2.19. The van der Waals surface area contributed by atoms with Crippen molar-refractivity contribution in [3.8, 4) is 0 Å². The zero-order chi connectivity index (χ0) is 15.2. The Balaban J connectivity index is 2.62. The minimum absolute atomic E-state index is 0.173. The molecule has 1 aromatic heterocycles. The Bertz CT molecular complexity index is 435. The fourth-order valence-electron chi connectivity index (χ4n) is 1.46. The number of nitrogens with zero attached hydrogens (tertiary/aromatic N) is 2. The van der Waals surface area contributed by atoms with E-state index in [0.717, 1.165) is 30.5 Å². The fraction of sp³-hybridized carbons (Fsp3) is 0.714. The van der Waals surface area contributed by atoms with E-state index < -0.39 is 0 Å². The zero-order valence-corrected chi connectivity index (χ0v) is 14.1. The van der Waals surface area contributed by atoms with E-state index in [1.54, 1.807) is 0 Å². The summed E-state index contributed by atoms with van der Waals surface area (Å²) >= 11 is 1.83. The lowest BCUT2D eigenvalue weighted by Gasteiger charge is -2.23. The first-order valence-corrected chi connectivity index (χ1v) is 8.10. The van der Waals surface area contributed by atoms with E-state index in [2.05, 4.69) is 47.6 Å². The van der Waals surface area contributed by atoms with Crippen LogP contribution in [0.5, 0.6) is 0 Å². The zero-order valence-electron chi connectivity index (χ0n) is 13.3. The molecule has 0 radical (unpaired) electrons. The van der Waals surface area contributed by atoms with Crippen molar-refractivity contribution in [2.24, 2.45) is 4.99 Å². The maximum absolute atomic E-state index is 5.53. The molecule has 6 heteroatoms. The van der Waals surface area contributed by atoms with E-state index in [4.69, 9.17) is 4.42 Å². The van der Waals surface area contributed by atoms with Gasteiger partial charge in [0.1, 0.15) is 12.3 Å². The van der Waals surface area contributed by atoms with Crippen LogP contribution in [-0.2, 0) is 6.54 Å². The van der Waals surface area contributed by atoms with Gasteiger partial charge in [0, 0.05) is 17.8 Å². The van der Waals surface area contributed by atoms with Crippen molar-refractivity contribution in [2.75, 3.05) is 19.3 Å². The van der Waals surface area contributed by atoms with Gasteiger partial charge in [0.15, 0.2) is 5.96 Å². The molecule has 1 aromatic rings. The van der Waals surface area contributed by atoms with E-state index in [9.17, 15) is 0 Å². The van der Waals surface area contributed by atoms with Crippen molar-refractivity contribution in [1.29, 1.82) is 0 Å². The second kappa shape index (κ2) is 7.57. The number of hydrogen-bond donors (Lipinski definition) is 2. The molecule has 0 fully saturated rings. The summed E-state index contributed by atoms with van der Waals surface area (Å²) in [6, 6.07) is 0. The molecule has 0 unspecified atom stereocenters. The largest absolute Gasteiger partial charge is 0.444 e. The maximum Gasteiger partial charge on any atom is 0.216 e. The summed E-state index contributed by atoms with van der Waals surface area (Å²) in [5.41, 5.74) is 0.927. The van der Waals surface area contributed by atoms with Crippen LogP contribution in [0, 0.1) is 13.8 Å². The van der Waals surface area contributed by atoms with Crippen LogP contribution in [0.3, 0.4) is 0 Å². The number of aromatic nitrogens is 1. The molecule has 0 saturated heterocycles. The van der Waals surface area contributed by atoms with Gasteiger partial charge in [-0.3, -0.25) is 0 Å². The molecule has 0 bridgehead atoms. The molecule has 0 aromatic carbocycles. The molecule has 0 saturated carbocycles. The maximum atomic E-state index is 5.53. The fourth-order valence-corrected chi connectivity index (χ4v) is 1.68. The number of rotatable bonds is 6. The first kappa shape index (κ1) is 16.9. The van der Waals surface area contributed by atoms with Gasteiger partial charge in [0.2, 0.25) is 5.89 Å². The van der Waals surface area contributed by atoms with Gasteiger partial charge in [-0.1, -0.05) is 0 Å². The minimum Gasteiger partial charge on any atom is -0.444 e. The third kappa shape index (κ3) is 5.45. The number of aliphatic imine (C=N–C) groups is 1. The van der Waals surface area contributed by atoms with Gasteiger partial charge in [0.25, 0.3) is 0 Å². The number of thioether (sulfide) groups is 1. The highest BCUT2D eigenvalue weighted by atomic mass is 32.2. The molecule has 5 nitrogen and oxygen atoms in total. The predicted octanol–water partition coefficient (Wildman–Crippen LogP) is 2.49. The third-order valence-electron chi connectivity index (χ3n) is 3.02. The van der Waals surface area contributed by atoms with Gasteiger partial charge >= 0.3 is 0 Å². The van der Waals surface area contributed by atoms with Crippen molar-refractivity contribution in [1.82, 2.24) is 15.6 Å². The normalized spacial score (nSPS) is 12.6. The summed E-state index contributed by atoms with van der Waals surface area (Å²) in [7, 11) is 0. The molecular formula is C14H26N4OS. The molecule has 0 spiro atoms. The summed E-state index contributed by atoms with van der Waals surface area (Å²) in [6.07, 6.45) is 2.12. The first-order chi connectivity index (χ1) is 9.38. The summed E-state index contributed by atoms with van der Waals surface area (Å²) in [5, 5.41) is 6.58. The molecule has 0 aliphatic heterocycles. The highest BCUT2D eigenvalue weighted by Gasteiger charge is 2.16. The van der Waals surface area contributed by atoms with Gasteiger partial charge < -0.3 is 15.1 Å². The van der Waals surface area contributed by atoms with Gasteiger partial charge in [-0.2, -0.15) is 11.8 Å². The predicted molar refractivity (Wildman–Crippen MR) is 86.4 cm³/mol. The van der Waals surface area contributed by atoms with Crippen molar-refractivity contribution in [2.45, 2.75) is 45.9 Å². The third-order valence-corrected chi connectivity index (χ3v) is 4.27. The molecule has 2 N–H and O–H groups in total. The van der Waals surface area contributed by atoms with E-state index in [-0.39, 0.29) is 4.75 Å². The molecule has 0 atom stereocenters. The molecule has 114 valence electrons. The lowest BCUT2D eigenvalue weighted by molar-refractivity contribution is 0.472. The van der Waals surface area contributed by atoms with E-state index in [1.165, 1.54) is 0 Å². The van der Waals surface area contributed by atoms with E-state index in [0.29, 0.717) is 12.4 Å². The van der Waals surface area contributed by atoms with Crippen LogP contribution in [-0.4, -0.2) is 35.0 Å². The van der Waals surface area contributed by atoms with Crippen LogP contribution >= 0.6 is 11.8 Å². The van der Waals surface area contributed by atoms with Crippen LogP contribution in [0.1, 0.15) is 38.1 Å². The Morgan fingerprint density at radius 3 is 2.55 bits per heavy atom. The molecule has 1 heterocycles. The SMILES string of the molecule is CCNC(=NCc1nc(C)c(C)o1)NCC(C)(C)SC. The van der Waals surface area contributed by atoms with E-state index >= 15 is 0 Å². The highest BCUT2D eigenvalue weighted by molar-refractivity contribution is 7.99. The lowest BCUT2D eigenvalue weighted by atomic mass is 10.2. The van der Waals surface area contributed by atoms with Crippen molar-refractivity contribution in [3.63, 3.8) is 0 Å². The molecule has 20 heavy (non-hydrogen) atoms. The standard InChI is InChI=1S/C14H26N4OS/c1-7-15-13(17-9-14(4,5)20-6)16-8-12-18-10(2)11(3)19-12/h7-9H2,1-6H3,(H2,15,16,17). The van der Waals surface area contributed by atoms with Crippen LogP contribution in [0.2, 0.25) is 0 Å². The second-order valence-corrected chi connectivity index (χ2v) is 6.78. The molecule has 0 aliphatic carbocycles. The summed E-state index contributed by atoms with van der Waals surface area (Å²) in [4.78, 5) is 8.84. The van der Waals surface area contributed by atoms with Gasteiger partial charge in [-0.05, 0) is 40.9 Å². The topological polar surface area (TPSA) is 62.5 Å². The number of aryl methyl sites for hydroxylation is 2. The Morgan fingerprint density at radius 1 is 1.35 bits per heavy atom. The molecule has 1 rings (SSSR count). The molecule has 0 aliphatic rings. The van der Waals surface area contributed by atoms with Crippen molar-refractivity contribution < 1.29 is 4.42 Å². The molecular weight excluding hydrogens is 272 g/mol. The van der Waals surface area contributed by atoms with Crippen LogP contribution < -0.4 is 10.6 Å². The minimum atomic E-state index is 0.173. The van der Waals surface area contributed by atoms with Gasteiger partial charge in [-0.25, -0.2) is 9.98 Å². The summed E-state index contributed by atoms with van der Waals surface area (Å²) in [5.74, 6) is 2.31. The van der Waals surface area contributed by atoms with Crippen LogP contribution in [0.4, 0.5) is 0 Å². The van der Waals surface area contributed by atoms with Crippen molar-refractivity contribution in [3.05, 3.63) is 17.3 Å². The van der Waals surface area contributed by atoms with Crippen LogP contribution in [0.15, 0.2) is 9.41 Å². The van der Waals surface area contributed by atoms with Crippen LogP contribution in [0.25, 0.3) is 0 Å². The second-order valence-electron chi connectivity index (χ2n) is 5.26. The summed E-state index contributed by atoms with van der Waals surface area (Å²) in [6.45, 7) is 12.4. The Hall–Kier alpha value is -1.17. The number of nitrogens with one attached hydrogen (secondary N) is 2. The van der Waals surface area contributed by atoms with Crippen molar-refractivity contribution >= 4 is 17.7 Å².